The van der Waals surface area contributed by atoms with Gasteiger partial charge in [0.2, 0.25) is 0 Å². The summed E-state index contributed by atoms with van der Waals surface area (Å²) in [5.41, 5.74) is 6.92. The summed E-state index contributed by atoms with van der Waals surface area (Å²) in [6.07, 6.45) is 6.01. The molecule has 0 saturated carbocycles. The Labute approximate surface area is 280 Å². The molecule has 0 aliphatic heterocycles. The van der Waals surface area contributed by atoms with Crippen LogP contribution in [0.15, 0.2) is 112 Å². The maximum absolute atomic E-state index is 6.56. The van der Waals surface area contributed by atoms with Crippen LogP contribution in [0.3, 0.4) is 0 Å². The fourth-order valence-corrected chi connectivity index (χ4v) is 24.2. The van der Waals surface area contributed by atoms with E-state index in [1.54, 1.807) is 0 Å². The number of fused-ring (bicyclic) bond motifs is 3. The number of halogens is 4. The van der Waals surface area contributed by atoms with Gasteiger partial charge in [-0.2, -0.15) is 0 Å². The normalized spacial score (nSPS) is 16.1. The third-order valence-corrected chi connectivity index (χ3v) is 26.4. The van der Waals surface area contributed by atoms with Gasteiger partial charge in [0.1, 0.15) is 0 Å². The molecule has 0 radical (unpaired) electrons. The fourth-order valence-electron chi connectivity index (χ4n) is 7.42. The maximum atomic E-state index is 6.56. The van der Waals surface area contributed by atoms with E-state index in [-0.39, 0.29) is 36.1 Å². The monoisotopic (exact) mass is 726 g/mol. The molecule has 0 aromatic heterocycles. The van der Waals surface area contributed by atoms with Crippen molar-refractivity contribution in [1.82, 2.24) is 0 Å². The van der Waals surface area contributed by atoms with Crippen LogP contribution < -0.4 is 9.81 Å². The number of rotatable bonds is 5. The Bertz CT molecular complexity index is 1740. The molecule has 2 aliphatic rings. The predicted octanol–water partition coefficient (Wildman–Crippen LogP) is 9.95. The summed E-state index contributed by atoms with van der Waals surface area (Å²) in [5, 5.41) is 1.49. The third kappa shape index (κ3) is 5.32. The Kier molecular flexibility index (Phi) is 9.71. The van der Waals surface area contributed by atoms with Gasteiger partial charge in [-0.05, 0) is 0 Å². The Hall–Kier alpha value is -1.73. The van der Waals surface area contributed by atoms with E-state index in [0.717, 1.165) is 16.5 Å². The molecule has 2 aliphatic carbocycles. The van der Waals surface area contributed by atoms with Crippen molar-refractivity contribution in [3.05, 3.63) is 133 Å². The molecule has 43 heavy (non-hydrogen) atoms. The molecular weight excluding hydrogens is 689 g/mol. The Morgan fingerprint density at radius 1 is 0.744 bits per heavy atom. The topological polar surface area (TPSA) is 0 Å². The molecule has 0 heterocycles. The molecule has 0 nitrogen and oxygen atoms in total. The first kappa shape index (κ1) is 34.2. The second-order valence-corrected chi connectivity index (χ2v) is 27.0. The van der Waals surface area contributed by atoms with Crippen LogP contribution in [-0.4, -0.2) is 4.21 Å². The molecule has 0 saturated heterocycles. The molecule has 5 heteroatoms. The number of benzene rings is 4. The van der Waals surface area contributed by atoms with Gasteiger partial charge in [0, 0.05) is 0 Å². The van der Waals surface area contributed by atoms with Crippen LogP contribution in [-0.2, 0) is 24.7 Å². The molecule has 0 bridgehead atoms. The van der Waals surface area contributed by atoms with Gasteiger partial charge in [0.25, 0.3) is 0 Å². The van der Waals surface area contributed by atoms with Crippen molar-refractivity contribution in [3.8, 4) is 11.1 Å². The second kappa shape index (κ2) is 12.2. The minimum atomic E-state index is -4.95. The van der Waals surface area contributed by atoms with E-state index in [1.165, 1.54) is 40.9 Å². The van der Waals surface area contributed by atoms with Crippen LogP contribution in [0, 0.1) is 17.3 Å². The molecule has 6 rings (SSSR count). The van der Waals surface area contributed by atoms with Gasteiger partial charge >= 0.3 is 258 Å². The minimum absolute atomic E-state index is 0. The van der Waals surface area contributed by atoms with E-state index in [2.05, 4.69) is 138 Å². The zero-order valence-electron chi connectivity index (χ0n) is 25.5. The molecular formula is C38H40Cl4Zr. The van der Waals surface area contributed by atoms with Gasteiger partial charge in [0.15, 0.2) is 0 Å². The van der Waals surface area contributed by atoms with E-state index in [9.17, 15) is 0 Å². The van der Waals surface area contributed by atoms with Crippen molar-refractivity contribution in [2.24, 2.45) is 17.3 Å². The molecule has 0 fully saturated rings. The fraction of sp³-hybridized carbons (Fsp3) is 0.237. The SMILES string of the molecule is Cl.Cl.[CH2]=[Zr]([C]1=CC(C(C)(C)C)=CC1C(C)C)([c]1ccc(Cl)cc1)([c]1ccc(Cl)cc1)[c]1cccc2c1Cc1ccccc1-2. The van der Waals surface area contributed by atoms with E-state index in [1.807, 2.05) is 0 Å². The summed E-state index contributed by atoms with van der Waals surface area (Å²) >= 11 is 8.17. The number of hydrogen-bond acceptors (Lipinski definition) is 0. The van der Waals surface area contributed by atoms with Crippen LogP contribution in [0.25, 0.3) is 11.1 Å². The van der Waals surface area contributed by atoms with Crippen LogP contribution >= 0.6 is 48.0 Å². The first-order valence-electron chi connectivity index (χ1n) is 14.6. The van der Waals surface area contributed by atoms with Crippen molar-refractivity contribution in [1.29, 1.82) is 0 Å². The quantitative estimate of drug-likeness (QED) is 0.169. The van der Waals surface area contributed by atoms with Crippen LogP contribution in [0.5, 0.6) is 0 Å². The van der Waals surface area contributed by atoms with E-state index >= 15 is 0 Å². The summed E-state index contributed by atoms with van der Waals surface area (Å²) in [6.45, 7) is 11.7. The first-order chi connectivity index (χ1) is 19.4. The standard InChI is InChI=1S/C13H9.C12H19.2C6H4Cl.CH2.2ClH.Zr/c1-3-7-12-10(5-1)9-11-6-2-4-8-13(11)12;1-9(2)10-6-7-11(8-10)12(3,4)5;2*7-6-4-2-1-3-5-6;;;;/h1-5,7-8H,9H2;7-10H,1-5H3;2*2-5H;1H2;2*1H;. The summed E-state index contributed by atoms with van der Waals surface area (Å²) in [5.74, 6) is 0.697. The van der Waals surface area contributed by atoms with E-state index in [4.69, 9.17) is 27.4 Å². The zero-order chi connectivity index (χ0) is 29.2. The average Bonchev–Trinajstić information content (AvgIpc) is 3.57. The van der Waals surface area contributed by atoms with Gasteiger partial charge in [-0.15, -0.1) is 24.8 Å². The average molecular weight is 730 g/mol. The van der Waals surface area contributed by atoms with Gasteiger partial charge in [-0.25, -0.2) is 0 Å². The predicted molar refractivity (Wildman–Crippen MR) is 192 cm³/mol. The zero-order valence-corrected chi connectivity index (χ0v) is 31.1. The summed E-state index contributed by atoms with van der Waals surface area (Å²) < 4.78 is 11.2. The molecule has 4 aromatic rings. The molecule has 0 spiro atoms. The Balaban J connectivity index is 0.00000212. The second-order valence-electron chi connectivity index (χ2n) is 13.4. The summed E-state index contributed by atoms with van der Waals surface area (Å²) in [4.78, 5) is 0. The Morgan fingerprint density at radius 2 is 1.28 bits per heavy atom. The van der Waals surface area contributed by atoms with Gasteiger partial charge in [-0.3, -0.25) is 0 Å². The van der Waals surface area contributed by atoms with Crippen molar-refractivity contribution in [2.75, 3.05) is 0 Å². The Morgan fingerprint density at radius 3 is 1.81 bits per heavy atom. The van der Waals surface area contributed by atoms with Crippen LogP contribution in [0.4, 0.5) is 0 Å². The molecule has 1 atom stereocenters. The number of hydrogen-bond donors (Lipinski definition) is 0. The van der Waals surface area contributed by atoms with E-state index < -0.39 is 18.3 Å². The molecule has 1 unspecified atom stereocenters. The number of allylic oxidation sites excluding steroid dienone is 4. The third-order valence-electron chi connectivity index (χ3n) is 9.66. The van der Waals surface area contributed by atoms with Gasteiger partial charge in [0.05, 0.1) is 0 Å². The summed E-state index contributed by atoms with van der Waals surface area (Å²) in [6, 6.07) is 33.1. The summed E-state index contributed by atoms with van der Waals surface area (Å²) in [7, 11) is 0. The molecule has 0 N–H and O–H groups in total. The van der Waals surface area contributed by atoms with Crippen molar-refractivity contribution < 1.29 is 18.3 Å². The first-order valence-corrected chi connectivity index (χ1v) is 22.0. The van der Waals surface area contributed by atoms with Crippen molar-refractivity contribution in [3.63, 3.8) is 0 Å². The van der Waals surface area contributed by atoms with Crippen molar-refractivity contribution >= 4 is 62.0 Å². The molecule has 0 amide bonds. The van der Waals surface area contributed by atoms with Gasteiger partial charge < -0.3 is 0 Å². The molecule has 224 valence electrons. The van der Waals surface area contributed by atoms with Crippen LogP contribution in [0.1, 0.15) is 45.7 Å². The van der Waals surface area contributed by atoms with E-state index in [0.29, 0.717) is 5.92 Å². The van der Waals surface area contributed by atoms with Crippen LogP contribution in [0.2, 0.25) is 10.0 Å². The molecule has 4 aromatic carbocycles. The van der Waals surface area contributed by atoms with Crippen molar-refractivity contribution in [2.45, 2.75) is 41.0 Å². The van der Waals surface area contributed by atoms with Gasteiger partial charge in [-0.1, -0.05) is 0 Å².